The predicted octanol–water partition coefficient (Wildman–Crippen LogP) is 5.00. The predicted molar refractivity (Wildman–Crippen MR) is 80.4 cm³/mol. The fourth-order valence-corrected chi connectivity index (χ4v) is 2.52. The van der Waals surface area contributed by atoms with Gasteiger partial charge in [0, 0.05) is 11.4 Å². The molecule has 0 spiro atoms. The molecule has 1 aromatic rings. The minimum Gasteiger partial charge on any atom is -0.598 e. The smallest absolute Gasteiger partial charge is 0.416 e. The summed E-state index contributed by atoms with van der Waals surface area (Å²) in [5.74, 6) is 0. The Morgan fingerprint density at radius 1 is 1.00 bits per heavy atom. The average molecular weight is 373 g/mol. The van der Waals surface area contributed by atoms with Gasteiger partial charge in [0.15, 0.2) is 0 Å². The molecule has 1 aromatic carbocycles. The number of hydrogen-bond acceptors (Lipinski definition) is 2. The highest BCUT2D eigenvalue weighted by Gasteiger charge is 2.38. The van der Waals surface area contributed by atoms with Crippen LogP contribution in [0.3, 0.4) is 0 Å². The second-order valence-electron chi connectivity index (χ2n) is 6.05. The van der Waals surface area contributed by atoms with Crippen LogP contribution in [0.5, 0.6) is 0 Å². The molecule has 24 heavy (non-hydrogen) atoms. The van der Waals surface area contributed by atoms with Gasteiger partial charge in [-0.15, -0.1) is 11.3 Å². The van der Waals surface area contributed by atoms with Crippen LogP contribution >= 0.6 is 0 Å². The van der Waals surface area contributed by atoms with Crippen molar-refractivity contribution in [2.45, 2.75) is 43.9 Å². The first kappa shape index (κ1) is 20.9. The first-order valence-corrected chi connectivity index (χ1v) is 7.91. The van der Waals surface area contributed by atoms with Crippen molar-refractivity contribution in [1.29, 1.82) is 0 Å². The van der Waals surface area contributed by atoms with Crippen LogP contribution < -0.4 is 4.72 Å². The largest absolute Gasteiger partial charge is 0.598 e. The molecular formula is C15H17F6NOS. The van der Waals surface area contributed by atoms with E-state index < -0.39 is 45.6 Å². The van der Waals surface area contributed by atoms with Crippen LogP contribution in [0.1, 0.15) is 43.5 Å². The minimum atomic E-state index is -4.94. The van der Waals surface area contributed by atoms with Gasteiger partial charge in [-0.25, -0.2) is 0 Å². The third kappa shape index (κ3) is 5.42. The topological polar surface area (TPSA) is 35.1 Å². The molecule has 0 radical (unpaired) electrons. The summed E-state index contributed by atoms with van der Waals surface area (Å²) in [7, 11) is 0. The summed E-state index contributed by atoms with van der Waals surface area (Å²) in [6, 6.07) is 0.0984. The van der Waals surface area contributed by atoms with Crippen LogP contribution in [0, 0.1) is 0 Å². The maximum absolute atomic E-state index is 12.9. The van der Waals surface area contributed by atoms with E-state index in [4.69, 9.17) is 0 Å². The molecular weight excluding hydrogens is 356 g/mol. The second kappa shape index (κ2) is 6.97. The van der Waals surface area contributed by atoms with E-state index in [1.54, 1.807) is 20.8 Å². The Bertz CT molecular complexity index is 559. The number of hydrogen-bond donors (Lipinski definition) is 1. The van der Waals surface area contributed by atoms with Gasteiger partial charge in [0.25, 0.3) is 0 Å². The van der Waals surface area contributed by atoms with Gasteiger partial charge in [-0.3, -0.25) is 0 Å². The molecule has 2 nitrogen and oxygen atoms in total. The Labute approximate surface area is 139 Å². The maximum Gasteiger partial charge on any atom is 0.416 e. The minimum absolute atomic E-state index is 0.0460. The zero-order valence-corrected chi connectivity index (χ0v) is 14.0. The maximum atomic E-state index is 12.9. The van der Waals surface area contributed by atoms with Crippen molar-refractivity contribution in [3.8, 4) is 0 Å². The van der Waals surface area contributed by atoms with Gasteiger partial charge in [0.05, 0.1) is 17.2 Å². The summed E-state index contributed by atoms with van der Waals surface area (Å²) in [6.45, 7) is 8.24. The van der Waals surface area contributed by atoms with E-state index in [0.717, 1.165) is 6.08 Å². The molecule has 136 valence electrons. The van der Waals surface area contributed by atoms with Crippen LogP contribution in [-0.4, -0.2) is 9.30 Å². The van der Waals surface area contributed by atoms with E-state index in [1.165, 1.54) is 0 Å². The lowest BCUT2D eigenvalue weighted by atomic mass is 10.00. The van der Waals surface area contributed by atoms with Gasteiger partial charge in [0.1, 0.15) is 4.75 Å². The van der Waals surface area contributed by atoms with Crippen LogP contribution in [0.25, 0.3) is 0 Å². The van der Waals surface area contributed by atoms with Crippen molar-refractivity contribution in [3.63, 3.8) is 0 Å². The molecule has 0 aliphatic rings. The molecule has 1 rings (SSSR count). The summed E-state index contributed by atoms with van der Waals surface area (Å²) < 4.78 is 91.1. The third-order valence-corrected chi connectivity index (χ3v) is 4.58. The Balaban J connectivity index is 3.36. The van der Waals surface area contributed by atoms with Crippen molar-refractivity contribution in [2.24, 2.45) is 0 Å². The van der Waals surface area contributed by atoms with Gasteiger partial charge < -0.3 is 4.55 Å². The zero-order chi connectivity index (χ0) is 18.9. The monoisotopic (exact) mass is 373 g/mol. The summed E-state index contributed by atoms with van der Waals surface area (Å²) in [4.78, 5) is 0. The summed E-state index contributed by atoms with van der Waals surface area (Å²) >= 11 is -1.71. The first-order valence-electron chi connectivity index (χ1n) is 6.76. The standard InChI is InChI=1S/C15H17F6NOS/c1-5-12(22-24(23)13(2,3)4)9-6-10(14(16,17)18)8-11(7-9)15(19,20)21/h5-8,12,22H,1H2,2-4H3/t12-,24?/m1/s1. The average Bonchev–Trinajstić information content (AvgIpc) is 2.40. The molecule has 0 amide bonds. The third-order valence-electron chi connectivity index (χ3n) is 3.00. The van der Waals surface area contributed by atoms with Crippen molar-refractivity contribution in [3.05, 3.63) is 47.5 Å². The van der Waals surface area contributed by atoms with Gasteiger partial charge in [-0.2, -0.15) is 26.3 Å². The fourth-order valence-electron chi connectivity index (χ4n) is 1.70. The van der Waals surface area contributed by atoms with Gasteiger partial charge in [-0.05, 0) is 44.5 Å². The molecule has 0 aromatic heterocycles. The molecule has 0 bridgehead atoms. The first-order chi connectivity index (χ1) is 10.7. The molecule has 0 fully saturated rings. The Morgan fingerprint density at radius 2 is 1.42 bits per heavy atom. The second-order valence-corrected chi connectivity index (χ2v) is 8.05. The van der Waals surface area contributed by atoms with Crippen molar-refractivity contribution in [1.82, 2.24) is 4.72 Å². The molecule has 0 saturated heterocycles. The Kier molecular flexibility index (Phi) is 6.06. The van der Waals surface area contributed by atoms with E-state index in [-0.39, 0.29) is 11.6 Å². The highest BCUT2D eigenvalue weighted by molar-refractivity contribution is 7.90. The molecule has 9 heteroatoms. The van der Waals surface area contributed by atoms with E-state index in [1.807, 2.05) is 0 Å². The number of halogens is 6. The summed E-state index contributed by atoms with van der Waals surface area (Å²) in [5, 5.41) is 0. The summed E-state index contributed by atoms with van der Waals surface area (Å²) in [5.41, 5.74) is -3.17. The highest BCUT2D eigenvalue weighted by atomic mass is 32.2. The molecule has 0 saturated carbocycles. The van der Waals surface area contributed by atoms with Crippen molar-refractivity contribution in [2.75, 3.05) is 0 Å². The lowest BCUT2D eigenvalue weighted by Gasteiger charge is -2.27. The van der Waals surface area contributed by atoms with Gasteiger partial charge in [0.2, 0.25) is 0 Å². The Morgan fingerprint density at radius 3 is 1.71 bits per heavy atom. The molecule has 0 aliphatic carbocycles. The molecule has 2 atom stereocenters. The molecule has 1 N–H and O–H groups in total. The highest BCUT2D eigenvalue weighted by Crippen LogP contribution is 2.37. The van der Waals surface area contributed by atoms with Crippen LogP contribution in [-0.2, 0) is 23.7 Å². The fraction of sp³-hybridized carbons (Fsp3) is 0.467. The number of benzene rings is 1. The SMILES string of the molecule is C=C[C@@H](N[S+]([O-])C(C)(C)C)c1cc(C(F)(F)F)cc(C(F)(F)F)c1. The van der Waals surface area contributed by atoms with E-state index in [9.17, 15) is 30.9 Å². The summed E-state index contributed by atoms with van der Waals surface area (Å²) in [6.07, 6.45) is -8.77. The lowest BCUT2D eigenvalue weighted by molar-refractivity contribution is -0.143. The van der Waals surface area contributed by atoms with Crippen LogP contribution in [0.2, 0.25) is 0 Å². The zero-order valence-electron chi connectivity index (χ0n) is 13.2. The van der Waals surface area contributed by atoms with Crippen LogP contribution in [0.4, 0.5) is 26.3 Å². The Hall–Kier alpha value is -1.19. The lowest BCUT2D eigenvalue weighted by Crippen LogP contribution is -2.40. The number of rotatable bonds is 4. The van der Waals surface area contributed by atoms with E-state index >= 15 is 0 Å². The van der Waals surface area contributed by atoms with Gasteiger partial charge >= 0.3 is 12.4 Å². The van der Waals surface area contributed by atoms with Crippen LogP contribution in [0.15, 0.2) is 30.9 Å². The van der Waals surface area contributed by atoms with Crippen molar-refractivity contribution < 1.29 is 30.9 Å². The van der Waals surface area contributed by atoms with Gasteiger partial charge in [-0.1, -0.05) is 6.08 Å². The quantitative estimate of drug-likeness (QED) is 0.458. The molecule has 0 heterocycles. The number of nitrogens with one attached hydrogen (secondary N) is 1. The van der Waals surface area contributed by atoms with Crippen molar-refractivity contribution >= 4 is 11.4 Å². The van der Waals surface area contributed by atoms with E-state index in [2.05, 4.69) is 11.3 Å². The molecule has 1 unspecified atom stereocenters. The number of alkyl halides is 6. The normalized spacial score (nSPS) is 15.9. The molecule has 0 aliphatic heterocycles. The van der Waals surface area contributed by atoms with E-state index in [0.29, 0.717) is 12.1 Å².